The number of hydrogen-bond acceptors (Lipinski definition) is 1. The highest BCUT2D eigenvalue weighted by Gasteiger charge is 2.37. The van der Waals surface area contributed by atoms with Crippen molar-refractivity contribution in [1.82, 2.24) is 0 Å². The van der Waals surface area contributed by atoms with Gasteiger partial charge < -0.3 is 0 Å². The zero-order chi connectivity index (χ0) is 13.3. The Bertz CT molecular complexity index is 214. The maximum atomic E-state index is 13.3. The van der Waals surface area contributed by atoms with Crippen molar-refractivity contribution in [3.63, 3.8) is 0 Å². The van der Waals surface area contributed by atoms with Gasteiger partial charge in [0, 0.05) is 12.8 Å². The molecule has 1 atom stereocenters. The second-order valence-electron chi connectivity index (χ2n) is 4.99. The maximum absolute atomic E-state index is 13.3. The topological polar surface area (TPSA) is 17.1 Å². The van der Waals surface area contributed by atoms with Crippen molar-refractivity contribution in [3.8, 4) is 0 Å². The fourth-order valence-electron chi connectivity index (χ4n) is 2.01. The van der Waals surface area contributed by atoms with Crippen molar-refractivity contribution >= 4 is 5.78 Å². The molecule has 0 radical (unpaired) electrons. The molecule has 17 heavy (non-hydrogen) atoms. The van der Waals surface area contributed by atoms with Crippen LogP contribution in [0.3, 0.4) is 0 Å². The van der Waals surface area contributed by atoms with Gasteiger partial charge in [-0.15, -0.1) is 0 Å². The normalized spacial score (nSPS) is 13.7. The first-order chi connectivity index (χ1) is 7.94. The van der Waals surface area contributed by atoms with Gasteiger partial charge in [0.25, 0.3) is 0 Å². The largest absolute Gasteiger partial charge is 0.305 e. The van der Waals surface area contributed by atoms with E-state index in [9.17, 15) is 13.6 Å². The zero-order valence-corrected chi connectivity index (χ0v) is 11.4. The van der Waals surface area contributed by atoms with E-state index in [4.69, 9.17) is 0 Å². The van der Waals surface area contributed by atoms with Crippen LogP contribution >= 0.6 is 0 Å². The van der Waals surface area contributed by atoms with E-state index in [0.717, 1.165) is 19.3 Å². The van der Waals surface area contributed by atoms with E-state index in [1.807, 2.05) is 6.92 Å². The third-order valence-corrected chi connectivity index (χ3v) is 3.13. The number of unbranched alkanes of at least 4 members (excludes halogenated alkanes) is 4. The Kier molecular flexibility index (Phi) is 8.36. The first-order valence-electron chi connectivity index (χ1n) is 6.85. The second-order valence-corrected chi connectivity index (χ2v) is 4.99. The Morgan fingerprint density at radius 1 is 1.12 bits per heavy atom. The summed E-state index contributed by atoms with van der Waals surface area (Å²) in [6, 6.07) is 0. The lowest BCUT2D eigenvalue weighted by atomic mass is 9.94. The van der Waals surface area contributed by atoms with Gasteiger partial charge in [0.15, 0.2) is 0 Å². The van der Waals surface area contributed by atoms with Crippen LogP contribution in [0.15, 0.2) is 0 Å². The summed E-state index contributed by atoms with van der Waals surface area (Å²) in [6.07, 6.45) is 6.16. The lowest BCUT2D eigenvalue weighted by Crippen LogP contribution is -2.30. The van der Waals surface area contributed by atoms with Gasteiger partial charge in [-0.3, -0.25) is 4.79 Å². The highest BCUT2D eigenvalue weighted by molar-refractivity contribution is 5.85. The number of rotatable bonds is 10. The average Bonchev–Trinajstić information content (AvgIpc) is 2.27. The Hall–Kier alpha value is -0.470. The van der Waals surface area contributed by atoms with Crippen LogP contribution in [0.1, 0.15) is 72.1 Å². The first-order valence-corrected chi connectivity index (χ1v) is 6.85. The van der Waals surface area contributed by atoms with E-state index in [1.165, 1.54) is 26.2 Å². The lowest BCUT2D eigenvalue weighted by Gasteiger charge is -2.19. The summed E-state index contributed by atoms with van der Waals surface area (Å²) < 4.78 is 26.7. The van der Waals surface area contributed by atoms with Gasteiger partial charge in [-0.25, -0.2) is 0 Å². The molecule has 0 saturated carbocycles. The summed E-state index contributed by atoms with van der Waals surface area (Å²) >= 11 is 0. The quantitative estimate of drug-likeness (QED) is 0.498. The van der Waals surface area contributed by atoms with Crippen molar-refractivity contribution in [1.29, 1.82) is 0 Å². The van der Waals surface area contributed by atoms with Gasteiger partial charge in [-0.2, -0.15) is 8.78 Å². The van der Waals surface area contributed by atoms with Crippen molar-refractivity contribution < 1.29 is 13.6 Å². The van der Waals surface area contributed by atoms with E-state index >= 15 is 0 Å². The highest BCUT2D eigenvalue weighted by atomic mass is 19.3. The van der Waals surface area contributed by atoms with Gasteiger partial charge in [0.1, 0.15) is 0 Å². The predicted molar refractivity (Wildman–Crippen MR) is 67.4 cm³/mol. The molecule has 0 bridgehead atoms. The lowest BCUT2D eigenvalue weighted by molar-refractivity contribution is -0.145. The van der Waals surface area contributed by atoms with Crippen LogP contribution in [-0.4, -0.2) is 11.7 Å². The van der Waals surface area contributed by atoms with Crippen molar-refractivity contribution in [2.75, 3.05) is 0 Å². The fraction of sp³-hybridized carbons (Fsp3) is 0.929. The van der Waals surface area contributed by atoms with Crippen LogP contribution in [0, 0.1) is 5.92 Å². The summed E-state index contributed by atoms with van der Waals surface area (Å²) in [4.78, 5) is 11.0. The molecule has 0 rings (SSSR count). The van der Waals surface area contributed by atoms with E-state index in [1.54, 1.807) is 0 Å². The summed E-state index contributed by atoms with van der Waals surface area (Å²) in [5.41, 5.74) is 0. The molecule has 0 spiro atoms. The highest BCUT2D eigenvalue weighted by Crippen LogP contribution is 2.28. The molecule has 0 amide bonds. The smallest absolute Gasteiger partial charge is 0.293 e. The Morgan fingerprint density at radius 3 is 2.24 bits per heavy atom. The monoisotopic (exact) mass is 248 g/mol. The van der Waals surface area contributed by atoms with Crippen LogP contribution in [0.2, 0.25) is 0 Å². The minimum absolute atomic E-state index is 0.0675. The number of alkyl halides is 2. The van der Waals surface area contributed by atoms with E-state index < -0.39 is 11.7 Å². The molecule has 0 aliphatic carbocycles. The molecular weight excluding hydrogens is 222 g/mol. The fourth-order valence-corrected chi connectivity index (χ4v) is 2.01. The summed E-state index contributed by atoms with van der Waals surface area (Å²) in [5, 5.41) is 0. The SMILES string of the molecule is CCCCCCCC(C)CC(F)(F)C(=O)CC. The Balaban J connectivity index is 3.77. The molecule has 0 aromatic rings. The molecule has 1 unspecified atom stereocenters. The van der Waals surface area contributed by atoms with Gasteiger partial charge in [-0.05, 0) is 5.92 Å². The molecule has 0 aromatic heterocycles. The van der Waals surface area contributed by atoms with E-state index in [-0.39, 0.29) is 18.8 Å². The molecule has 0 N–H and O–H groups in total. The molecule has 0 aromatic carbocycles. The summed E-state index contributed by atoms with van der Waals surface area (Å²) in [7, 11) is 0. The number of ketones is 1. The van der Waals surface area contributed by atoms with Gasteiger partial charge in [0.2, 0.25) is 5.78 Å². The Morgan fingerprint density at radius 2 is 1.71 bits per heavy atom. The standard InChI is InChI=1S/C14H26F2O/c1-4-6-7-8-9-10-12(3)11-14(15,16)13(17)5-2/h12H,4-11H2,1-3H3. The van der Waals surface area contributed by atoms with Gasteiger partial charge in [-0.1, -0.05) is 59.3 Å². The third-order valence-electron chi connectivity index (χ3n) is 3.13. The number of halogens is 2. The number of carbonyl (C=O) groups is 1. The minimum atomic E-state index is -3.11. The molecular formula is C14H26F2O. The van der Waals surface area contributed by atoms with Crippen LogP contribution in [0.25, 0.3) is 0 Å². The first kappa shape index (κ1) is 16.5. The van der Waals surface area contributed by atoms with Crippen LogP contribution < -0.4 is 0 Å². The van der Waals surface area contributed by atoms with Gasteiger partial charge in [0.05, 0.1) is 0 Å². The molecule has 1 nitrogen and oxygen atoms in total. The molecule has 0 aliphatic rings. The van der Waals surface area contributed by atoms with Crippen LogP contribution in [-0.2, 0) is 4.79 Å². The van der Waals surface area contributed by atoms with Gasteiger partial charge >= 0.3 is 5.92 Å². The van der Waals surface area contributed by atoms with E-state index in [0.29, 0.717) is 0 Å². The Labute approximate surface area is 104 Å². The number of Topliss-reactive ketones (excluding diaryl/α,β-unsaturated/α-hetero) is 1. The van der Waals surface area contributed by atoms with Crippen molar-refractivity contribution in [2.45, 2.75) is 78.1 Å². The summed E-state index contributed by atoms with van der Waals surface area (Å²) in [6.45, 7) is 5.46. The second kappa shape index (κ2) is 8.60. The molecule has 0 aliphatic heterocycles. The summed E-state index contributed by atoms with van der Waals surface area (Å²) in [5.74, 6) is -4.10. The number of carbonyl (C=O) groups excluding carboxylic acids is 1. The maximum Gasteiger partial charge on any atom is 0.305 e. The van der Waals surface area contributed by atoms with Crippen molar-refractivity contribution in [2.24, 2.45) is 5.92 Å². The number of hydrogen-bond donors (Lipinski definition) is 0. The molecule has 0 saturated heterocycles. The molecule has 0 heterocycles. The minimum Gasteiger partial charge on any atom is -0.293 e. The van der Waals surface area contributed by atoms with Crippen molar-refractivity contribution in [3.05, 3.63) is 0 Å². The average molecular weight is 248 g/mol. The third kappa shape index (κ3) is 7.45. The molecule has 0 fully saturated rings. The predicted octanol–water partition coefficient (Wildman–Crippen LogP) is 4.99. The van der Waals surface area contributed by atoms with Crippen LogP contribution in [0.5, 0.6) is 0 Å². The zero-order valence-electron chi connectivity index (χ0n) is 11.4. The molecule has 102 valence electrons. The van der Waals surface area contributed by atoms with E-state index in [2.05, 4.69) is 6.92 Å². The molecule has 3 heteroatoms. The van der Waals surface area contributed by atoms with Crippen LogP contribution in [0.4, 0.5) is 8.78 Å².